The Morgan fingerprint density at radius 1 is 1.05 bits per heavy atom. The third-order valence-electron chi connectivity index (χ3n) is 9.15. The van der Waals surface area contributed by atoms with Gasteiger partial charge < -0.3 is 18.8 Å². The van der Waals surface area contributed by atoms with Crippen LogP contribution in [-0.2, 0) is 12.1 Å². The molecule has 6 nitrogen and oxygen atoms in total. The first-order chi connectivity index (χ1) is 18.0. The molecule has 2 bridgehead atoms. The van der Waals surface area contributed by atoms with E-state index in [1.165, 1.54) is 12.5 Å². The van der Waals surface area contributed by atoms with Crippen LogP contribution in [-0.4, -0.2) is 45.5 Å². The van der Waals surface area contributed by atoms with Gasteiger partial charge in [0, 0.05) is 18.8 Å². The van der Waals surface area contributed by atoms with Crippen LogP contribution in [0, 0.1) is 24.6 Å². The van der Waals surface area contributed by atoms with Crippen LogP contribution in [0.4, 0.5) is 4.39 Å². The second-order valence-electron chi connectivity index (χ2n) is 11.5. The monoisotopic (exact) mass is 506 g/mol. The molecule has 1 saturated carbocycles. The Hall–Kier alpha value is -2.77. The van der Waals surface area contributed by atoms with Crippen molar-refractivity contribution in [2.75, 3.05) is 19.6 Å². The molecule has 0 unspecified atom stereocenters. The molecule has 4 aliphatic rings. The van der Waals surface area contributed by atoms with Crippen LogP contribution >= 0.6 is 0 Å². The molecular formula is C30H37FN3O3+. The van der Waals surface area contributed by atoms with E-state index in [-0.39, 0.29) is 17.8 Å². The smallest absolute Gasteiger partial charge is 0.282 e. The molecule has 196 valence electrons. The van der Waals surface area contributed by atoms with Crippen molar-refractivity contribution < 1.29 is 23.2 Å². The third kappa shape index (κ3) is 4.68. The van der Waals surface area contributed by atoms with Gasteiger partial charge >= 0.3 is 0 Å². The Morgan fingerprint density at radius 2 is 1.81 bits per heavy atom. The van der Waals surface area contributed by atoms with Crippen molar-refractivity contribution in [3.63, 3.8) is 0 Å². The molecule has 1 N–H and O–H groups in total. The molecule has 0 spiro atoms. The molecule has 2 atom stereocenters. The summed E-state index contributed by atoms with van der Waals surface area (Å²) in [6, 6.07) is 14.8. The molecule has 3 saturated heterocycles. The molecule has 7 rings (SSSR count). The van der Waals surface area contributed by atoms with E-state index in [1.807, 2.05) is 30.3 Å². The highest BCUT2D eigenvalue weighted by atomic mass is 19.1. The SMILES string of the molecule is Cc1cc(O[C@H]2C[N+]3(Cc4nc([C@](O)(c5ccccc5)C5CCCCC5)no4)CCC2CC3)ccc1F. The third-order valence-corrected chi connectivity index (χ3v) is 9.15. The fourth-order valence-electron chi connectivity index (χ4n) is 6.96. The average molecular weight is 507 g/mol. The molecule has 0 radical (unpaired) electrons. The molecule has 1 aliphatic carbocycles. The Morgan fingerprint density at radius 3 is 2.54 bits per heavy atom. The Labute approximate surface area is 218 Å². The fourth-order valence-corrected chi connectivity index (χ4v) is 6.96. The number of aryl methyl sites for hydroxylation is 1. The maximum atomic E-state index is 13.7. The van der Waals surface area contributed by atoms with Crippen molar-refractivity contribution in [2.45, 2.75) is 70.1 Å². The predicted molar refractivity (Wildman–Crippen MR) is 137 cm³/mol. The van der Waals surface area contributed by atoms with E-state index in [9.17, 15) is 9.50 Å². The number of quaternary nitrogens is 1. The van der Waals surface area contributed by atoms with Crippen molar-refractivity contribution in [1.82, 2.24) is 10.1 Å². The van der Waals surface area contributed by atoms with Gasteiger partial charge in [-0.05, 0) is 55.0 Å². The van der Waals surface area contributed by atoms with E-state index < -0.39 is 5.60 Å². The fraction of sp³-hybridized carbons (Fsp3) is 0.533. The molecule has 0 amide bonds. The average Bonchev–Trinajstić information content (AvgIpc) is 3.40. The van der Waals surface area contributed by atoms with Crippen LogP contribution in [0.25, 0.3) is 0 Å². The lowest BCUT2D eigenvalue weighted by atomic mass is 9.73. The van der Waals surface area contributed by atoms with Gasteiger partial charge in [0.15, 0.2) is 18.2 Å². The maximum absolute atomic E-state index is 13.7. The first-order valence-corrected chi connectivity index (χ1v) is 13.8. The van der Waals surface area contributed by atoms with E-state index in [0.717, 1.165) is 74.0 Å². The molecule has 1 aromatic heterocycles. The highest BCUT2D eigenvalue weighted by Crippen LogP contribution is 2.43. The molecular weight excluding hydrogens is 469 g/mol. The Kier molecular flexibility index (Phi) is 6.53. The van der Waals surface area contributed by atoms with Crippen molar-refractivity contribution >= 4 is 0 Å². The summed E-state index contributed by atoms with van der Waals surface area (Å²) in [5, 5.41) is 16.5. The van der Waals surface area contributed by atoms with Gasteiger partial charge in [0.05, 0.1) is 13.1 Å². The van der Waals surface area contributed by atoms with E-state index in [0.29, 0.717) is 29.7 Å². The number of nitrogens with zero attached hydrogens (tertiary/aromatic N) is 3. The van der Waals surface area contributed by atoms with Gasteiger partial charge in [-0.1, -0.05) is 54.8 Å². The lowest BCUT2D eigenvalue weighted by Gasteiger charge is -2.51. The Bertz CT molecular complexity index is 1220. The second-order valence-corrected chi connectivity index (χ2v) is 11.5. The molecule has 4 heterocycles. The van der Waals surface area contributed by atoms with Crippen LogP contribution in [0.3, 0.4) is 0 Å². The van der Waals surface area contributed by atoms with Gasteiger partial charge in [-0.15, -0.1) is 0 Å². The normalized spacial score (nSPS) is 27.6. The highest BCUT2D eigenvalue weighted by molar-refractivity contribution is 5.31. The molecule has 37 heavy (non-hydrogen) atoms. The van der Waals surface area contributed by atoms with Crippen LogP contribution in [0.15, 0.2) is 53.1 Å². The number of benzene rings is 2. The first-order valence-electron chi connectivity index (χ1n) is 13.8. The Balaban J connectivity index is 1.23. The lowest BCUT2D eigenvalue weighted by molar-refractivity contribution is -0.959. The summed E-state index contributed by atoms with van der Waals surface area (Å²) < 4.78 is 26.8. The van der Waals surface area contributed by atoms with Crippen LogP contribution in [0.2, 0.25) is 0 Å². The largest absolute Gasteiger partial charge is 0.484 e. The van der Waals surface area contributed by atoms with Crippen molar-refractivity contribution in [2.24, 2.45) is 11.8 Å². The quantitative estimate of drug-likeness (QED) is 0.427. The van der Waals surface area contributed by atoms with Gasteiger partial charge in [0.2, 0.25) is 5.82 Å². The summed E-state index contributed by atoms with van der Waals surface area (Å²) in [5.41, 5.74) is 0.192. The number of hydrogen-bond acceptors (Lipinski definition) is 5. The number of aromatic nitrogens is 2. The number of halogens is 1. The number of piperidine rings is 3. The zero-order chi connectivity index (χ0) is 25.5. The lowest BCUT2D eigenvalue weighted by Crippen LogP contribution is -2.64. The number of fused-ring (bicyclic) bond motifs is 3. The standard InChI is InChI=1S/C30H37FN3O3/c1-21-18-25(12-13-26(21)31)36-27-19-34(16-14-22(27)15-17-34)20-28-32-29(33-37-28)30(35,23-8-4-2-5-9-23)24-10-6-3-7-11-24/h2,4-5,8-9,12-13,18,22,24,27,35H,3,6-7,10-11,14-17,19-20H2,1H3/q+1/t22?,27-,30-,34?/m0/s1. The molecule has 3 aliphatic heterocycles. The minimum Gasteiger partial charge on any atom is -0.484 e. The molecule has 3 aromatic rings. The minimum atomic E-state index is -1.25. The zero-order valence-corrected chi connectivity index (χ0v) is 21.6. The van der Waals surface area contributed by atoms with E-state index in [4.69, 9.17) is 14.2 Å². The number of rotatable bonds is 7. The van der Waals surface area contributed by atoms with Gasteiger partial charge in [-0.3, -0.25) is 0 Å². The van der Waals surface area contributed by atoms with Crippen LogP contribution in [0.5, 0.6) is 5.75 Å². The number of aliphatic hydroxyl groups is 1. The van der Waals surface area contributed by atoms with Crippen molar-refractivity contribution in [3.8, 4) is 5.75 Å². The molecule has 7 heteroatoms. The van der Waals surface area contributed by atoms with Gasteiger partial charge in [0.25, 0.3) is 5.89 Å². The first kappa shape index (κ1) is 24.6. The topological polar surface area (TPSA) is 68.4 Å². The van der Waals surface area contributed by atoms with Gasteiger partial charge in [-0.25, -0.2) is 4.39 Å². The maximum Gasteiger partial charge on any atom is 0.282 e. The van der Waals surface area contributed by atoms with E-state index >= 15 is 0 Å². The number of ether oxygens (including phenoxy) is 1. The summed E-state index contributed by atoms with van der Waals surface area (Å²) >= 11 is 0. The minimum absolute atomic E-state index is 0.0730. The second kappa shape index (κ2) is 9.84. The van der Waals surface area contributed by atoms with Crippen molar-refractivity contribution in [1.29, 1.82) is 0 Å². The van der Waals surface area contributed by atoms with Crippen molar-refractivity contribution in [3.05, 3.63) is 77.2 Å². The van der Waals surface area contributed by atoms with E-state index in [2.05, 4.69) is 5.16 Å². The van der Waals surface area contributed by atoms with Crippen LogP contribution < -0.4 is 4.74 Å². The summed E-state index contributed by atoms with van der Waals surface area (Å²) in [7, 11) is 0. The van der Waals surface area contributed by atoms with Gasteiger partial charge in [-0.2, -0.15) is 4.98 Å². The summed E-state index contributed by atoms with van der Waals surface area (Å²) in [5.74, 6) is 2.08. The zero-order valence-electron chi connectivity index (χ0n) is 21.6. The van der Waals surface area contributed by atoms with Crippen LogP contribution in [0.1, 0.15) is 67.8 Å². The summed E-state index contributed by atoms with van der Waals surface area (Å²) in [4.78, 5) is 4.84. The number of hydrogen-bond donors (Lipinski definition) is 1. The highest BCUT2D eigenvalue weighted by Gasteiger charge is 2.49. The van der Waals surface area contributed by atoms with Gasteiger partial charge in [0.1, 0.15) is 18.1 Å². The summed E-state index contributed by atoms with van der Waals surface area (Å²) in [6.07, 6.45) is 7.60. The molecule has 2 aromatic carbocycles. The predicted octanol–water partition coefficient (Wildman–Crippen LogP) is 5.52. The summed E-state index contributed by atoms with van der Waals surface area (Å²) in [6.45, 7) is 5.37. The molecule has 4 fully saturated rings. The van der Waals surface area contributed by atoms with E-state index in [1.54, 1.807) is 19.1 Å².